The van der Waals surface area contributed by atoms with E-state index in [1.54, 1.807) is 0 Å². The lowest BCUT2D eigenvalue weighted by Crippen LogP contribution is -2.13. The van der Waals surface area contributed by atoms with E-state index >= 15 is 0 Å². The molecule has 4 nitrogen and oxygen atoms in total. The lowest BCUT2D eigenvalue weighted by molar-refractivity contribution is -0.118. The van der Waals surface area contributed by atoms with Crippen molar-refractivity contribution in [3.05, 3.63) is 54.7 Å². The van der Waals surface area contributed by atoms with E-state index in [2.05, 4.69) is 55.8 Å². The summed E-state index contributed by atoms with van der Waals surface area (Å²) in [6.45, 7) is 4.08. The van der Waals surface area contributed by atoms with Crippen LogP contribution in [0.2, 0.25) is 0 Å². The number of anilines is 2. The van der Waals surface area contributed by atoms with Gasteiger partial charge < -0.3 is 10.6 Å². The van der Waals surface area contributed by atoms with Crippen LogP contribution in [0.4, 0.5) is 11.4 Å². The first-order chi connectivity index (χ1) is 12.3. The summed E-state index contributed by atoms with van der Waals surface area (Å²) in [5.74, 6) is -0.0312. The fourth-order valence-corrected chi connectivity index (χ4v) is 3.39. The molecule has 138 valence electrons. The highest BCUT2D eigenvalue weighted by atomic mass is 127. The Hall–Kier alpha value is -1.16. The van der Waals surface area contributed by atoms with Gasteiger partial charge in [-0.25, -0.2) is 0 Å². The Bertz CT molecular complexity index is 739. The van der Waals surface area contributed by atoms with E-state index in [1.165, 1.54) is 11.1 Å². The number of hydrogen-bond acceptors (Lipinski definition) is 2. The number of hydrogen-bond donors (Lipinski definition) is 2. The molecule has 26 heavy (non-hydrogen) atoms. The molecule has 0 saturated carbocycles. The first-order valence-corrected chi connectivity index (χ1v) is 10.6. The molecule has 2 amide bonds. The van der Waals surface area contributed by atoms with Gasteiger partial charge in [0, 0.05) is 31.4 Å². The molecule has 0 bridgehead atoms. The second-order valence-corrected chi connectivity index (χ2v) is 8.56. The molecule has 0 aliphatic rings. The third kappa shape index (κ3) is 6.86. The van der Waals surface area contributed by atoms with Crippen LogP contribution in [-0.2, 0) is 9.59 Å². The van der Waals surface area contributed by atoms with E-state index in [1.807, 2.05) is 50.2 Å². The Labute approximate surface area is 181 Å². The molecule has 0 aliphatic carbocycles. The van der Waals surface area contributed by atoms with Gasteiger partial charge in [-0.05, 0) is 107 Å². The van der Waals surface area contributed by atoms with E-state index in [0.717, 1.165) is 18.5 Å². The second-order valence-electron chi connectivity index (χ2n) is 6.23. The third-order valence-electron chi connectivity index (χ3n) is 3.97. The summed E-state index contributed by atoms with van der Waals surface area (Å²) in [5.41, 5.74) is 4.02. The Morgan fingerprint density at radius 3 is 1.50 bits per heavy atom. The maximum absolute atomic E-state index is 12.0. The van der Waals surface area contributed by atoms with Gasteiger partial charge in [0.05, 0.1) is 0 Å². The lowest BCUT2D eigenvalue weighted by atomic mass is 10.1. The monoisotopic (exact) mass is 576 g/mol. The molecule has 0 atom stereocenters. The summed E-state index contributed by atoms with van der Waals surface area (Å²) in [6.07, 6.45) is 2.21. The summed E-state index contributed by atoms with van der Waals surface area (Å²) in [5, 5.41) is 5.81. The van der Waals surface area contributed by atoms with Crippen LogP contribution >= 0.6 is 45.2 Å². The Balaban J connectivity index is 1.68. The second kappa shape index (κ2) is 10.2. The van der Waals surface area contributed by atoms with E-state index in [9.17, 15) is 9.59 Å². The average Bonchev–Trinajstić information content (AvgIpc) is 2.58. The van der Waals surface area contributed by atoms with Crippen molar-refractivity contribution in [1.29, 1.82) is 0 Å². The minimum Gasteiger partial charge on any atom is -0.326 e. The lowest BCUT2D eigenvalue weighted by Gasteiger charge is -2.08. The average molecular weight is 576 g/mol. The van der Waals surface area contributed by atoms with Gasteiger partial charge >= 0.3 is 0 Å². The number of carbonyl (C=O) groups excluding carboxylic acids is 2. The number of nitrogens with one attached hydrogen (secondary N) is 2. The van der Waals surface area contributed by atoms with E-state index in [0.29, 0.717) is 25.7 Å². The van der Waals surface area contributed by atoms with Crippen molar-refractivity contribution in [2.24, 2.45) is 0 Å². The minimum atomic E-state index is -0.0156. The zero-order chi connectivity index (χ0) is 19.1. The van der Waals surface area contributed by atoms with E-state index in [4.69, 9.17) is 0 Å². The highest BCUT2D eigenvalue weighted by molar-refractivity contribution is 14.1. The van der Waals surface area contributed by atoms with Gasteiger partial charge in [0.25, 0.3) is 0 Å². The van der Waals surface area contributed by atoms with Crippen LogP contribution in [0.1, 0.15) is 36.8 Å². The molecule has 0 aliphatic heterocycles. The molecule has 2 rings (SSSR count). The summed E-state index contributed by atoms with van der Waals surface area (Å²) in [7, 11) is 0. The van der Waals surface area contributed by atoms with Gasteiger partial charge in [-0.15, -0.1) is 0 Å². The molecule has 0 heterocycles. The predicted molar refractivity (Wildman–Crippen MR) is 124 cm³/mol. The van der Waals surface area contributed by atoms with Crippen LogP contribution in [0.3, 0.4) is 0 Å². The van der Waals surface area contributed by atoms with Crippen LogP contribution < -0.4 is 10.6 Å². The highest BCUT2D eigenvalue weighted by Crippen LogP contribution is 2.18. The standard InChI is InChI=1S/C20H22I2N2O2/c1-13-7-9-15(11-17(13)21)23-19(25)5-3-4-6-20(26)24-16-10-8-14(2)18(22)12-16/h7-12H,3-6H2,1-2H3,(H,23,25)(H,24,26). The molecule has 2 aromatic carbocycles. The number of rotatable bonds is 7. The predicted octanol–water partition coefficient (Wildman–Crippen LogP) is 5.65. The maximum atomic E-state index is 12.0. The van der Waals surface area contributed by atoms with Crippen LogP contribution in [0.15, 0.2) is 36.4 Å². The van der Waals surface area contributed by atoms with E-state index in [-0.39, 0.29) is 11.8 Å². The molecule has 2 aromatic rings. The molecule has 6 heteroatoms. The van der Waals surface area contributed by atoms with Gasteiger partial charge in [0.2, 0.25) is 11.8 Å². The molecule has 0 unspecified atom stereocenters. The van der Waals surface area contributed by atoms with Crippen LogP contribution in [0.25, 0.3) is 0 Å². The van der Waals surface area contributed by atoms with Gasteiger partial charge in [-0.1, -0.05) is 12.1 Å². The number of aryl methyl sites for hydroxylation is 2. The molecule has 0 radical (unpaired) electrons. The maximum Gasteiger partial charge on any atom is 0.224 e. The minimum absolute atomic E-state index is 0.0156. The van der Waals surface area contributed by atoms with Crippen LogP contribution in [0.5, 0.6) is 0 Å². The molecular weight excluding hydrogens is 554 g/mol. The number of unbranched alkanes of at least 4 members (excludes halogenated alkanes) is 1. The van der Waals surface area contributed by atoms with Crippen molar-refractivity contribution in [2.45, 2.75) is 39.5 Å². The van der Waals surface area contributed by atoms with Gasteiger partial charge in [0.1, 0.15) is 0 Å². The fourth-order valence-electron chi connectivity index (χ4n) is 2.36. The summed E-state index contributed by atoms with van der Waals surface area (Å²) in [4.78, 5) is 24.0. The SMILES string of the molecule is Cc1ccc(NC(=O)CCCCC(=O)Nc2ccc(C)c(I)c2)cc1I. The van der Waals surface area contributed by atoms with Gasteiger partial charge in [-0.3, -0.25) is 9.59 Å². The first-order valence-electron chi connectivity index (χ1n) is 8.47. The fraction of sp³-hybridized carbons (Fsp3) is 0.300. The zero-order valence-electron chi connectivity index (χ0n) is 14.9. The van der Waals surface area contributed by atoms with Gasteiger partial charge in [-0.2, -0.15) is 0 Å². The van der Waals surface area contributed by atoms with Crippen molar-refractivity contribution < 1.29 is 9.59 Å². The van der Waals surface area contributed by atoms with Gasteiger partial charge in [0.15, 0.2) is 0 Å². The first kappa shape index (κ1) is 21.1. The molecular formula is C20H22I2N2O2. The van der Waals surface area contributed by atoms with Crippen LogP contribution in [0, 0.1) is 21.0 Å². The smallest absolute Gasteiger partial charge is 0.224 e. The van der Waals surface area contributed by atoms with Crippen molar-refractivity contribution in [3.63, 3.8) is 0 Å². The molecule has 0 spiro atoms. The molecule has 0 fully saturated rings. The van der Waals surface area contributed by atoms with Crippen molar-refractivity contribution in [3.8, 4) is 0 Å². The quantitative estimate of drug-likeness (QED) is 0.331. The van der Waals surface area contributed by atoms with Crippen LogP contribution in [-0.4, -0.2) is 11.8 Å². The highest BCUT2D eigenvalue weighted by Gasteiger charge is 2.07. The largest absolute Gasteiger partial charge is 0.326 e. The van der Waals surface area contributed by atoms with Crippen molar-refractivity contribution >= 4 is 68.4 Å². The van der Waals surface area contributed by atoms with E-state index < -0.39 is 0 Å². The zero-order valence-corrected chi connectivity index (χ0v) is 19.2. The third-order valence-corrected chi connectivity index (χ3v) is 6.29. The number of benzene rings is 2. The van der Waals surface area contributed by atoms with Crippen molar-refractivity contribution in [1.82, 2.24) is 0 Å². The molecule has 0 aromatic heterocycles. The summed E-state index contributed by atoms with van der Waals surface area (Å²) >= 11 is 4.51. The summed E-state index contributed by atoms with van der Waals surface area (Å²) in [6, 6.07) is 11.7. The normalized spacial score (nSPS) is 10.5. The number of halogens is 2. The molecule has 0 saturated heterocycles. The number of carbonyl (C=O) groups is 2. The molecule has 2 N–H and O–H groups in total. The van der Waals surface area contributed by atoms with Crippen molar-refractivity contribution in [2.75, 3.05) is 10.6 Å². The topological polar surface area (TPSA) is 58.2 Å². The Kier molecular flexibility index (Phi) is 8.33. The Morgan fingerprint density at radius 1 is 0.769 bits per heavy atom. The number of amides is 2. The summed E-state index contributed by atoms with van der Waals surface area (Å²) < 4.78 is 2.26. The Morgan fingerprint density at radius 2 is 1.15 bits per heavy atom.